The predicted octanol–water partition coefficient (Wildman–Crippen LogP) is 1.000. The van der Waals surface area contributed by atoms with Gasteiger partial charge in [-0.25, -0.2) is 0 Å². The summed E-state index contributed by atoms with van der Waals surface area (Å²) in [6.45, 7) is 0.0140. The van der Waals surface area contributed by atoms with E-state index in [1.54, 1.807) is 20.3 Å². The average Bonchev–Trinajstić information content (AvgIpc) is 2.70. The molecule has 1 unspecified atom stereocenters. The van der Waals surface area contributed by atoms with E-state index in [-0.39, 0.29) is 12.7 Å². The van der Waals surface area contributed by atoms with Gasteiger partial charge in [-0.2, -0.15) is 0 Å². The average molecular weight is 210 g/mol. The van der Waals surface area contributed by atoms with Crippen molar-refractivity contribution in [3.05, 3.63) is 17.7 Å². The molecule has 1 aromatic rings. The molecule has 1 heterocycles. The summed E-state index contributed by atoms with van der Waals surface area (Å²) in [6, 6.07) is 3.64. The van der Waals surface area contributed by atoms with Crippen molar-refractivity contribution in [1.29, 1.82) is 0 Å². The molecular formula is C11H14O4. The Kier molecular flexibility index (Phi) is 2.68. The summed E-state index contributed by atoms with van der Waals surface area (Å²) in [4.78, 5) is 0. The molecule has 1 aliphatic rings. The Bertz CT molecular complexity index is 362. The van der Waals surface area contributed by atoms with Crippen molar-refractivity contribution in [3.8, 4) is 17.2 Å². The minimum absolute atomic E-state index is 0.0140. The van der Waals surface area contributed by atoms with Crippen molar-refractivity contribution in [2.24, 2.45) is 0 Å². The van der Waals surface area contributed by atoms with E-state index in [0.29, 0.717) is 17.9 Å². The van der Waals surface area contributed by atoms with E-state index >= 15 is 0 Å². The van der Waals surface area contributed by atoms with Gasteiger partial charge >= 0.3 is 0 Å². The lowest BCUT2D eigenvalue weighted by Crippen LogP contribution is -2.17. The van der Waals surface area contributed by atoms with E-state index in [2.05, 4.69) is 0 Å². The van der Waals surface area contributed by atoms with E-state index in [1.807, 2.05) is 6.07 Å². The minimum Gasteiger partial charge on any atom is -0.493 e. The monoisotopic (exact) mass is 210 g/mol. The number of ether oxygens (including phenoxy) is 3. The third-order valence-electron chi connectivity index (χ3n) is 2.53. The molecule has 1 N–H and O–H groups in total. The lowest BCUT2D eigenvalue weighted by Gasteiger charge is -2.10. The smallest absolute Gasteiger partial charge is 0.167 e. The highest BCUT2D eigenvalue weighted by atomic mass is 16.5. The van der Waals surface area contributed by atoms with Gasteiger partial charge in [-0.15, -0.1) is 0 Å². The first-order valence-electron chi connectivity index (χ1n) is 4.81. The van der Waals surface area contributed by atoms with Gasteiger partial charge in [0.25, 0.3) is 0 Å². The highest BCUT2D eigenvalue weighted by molar-refractivity contribution is 5.55. The van der Waals surface area contributed by atoms with Crippen LogP contribution in [0.2, 0.25) is 0 Å². The maximum Gasteiger partial charge on any atom is 0.167 e. The zero-order chi connectivity index (χ0) is 10.8. The quantitative estimate of drug-likeness (QED) is 0.808. The largest absolute Gasteiger partial charge is 0.493 e. The number of hydrogen-bond acceptors (Lipinski definition) is 4. The SMILES string of the molecule is COc1ccc2c(c1OC)CC(CO)O2. The predicted molar refractivity (Wildman–Crippen MR) is 54.8 cm³/mol. The number of aliphatic hydroxyl groups is 1. The minimum atomic E-state index is -0.166. The van der Waals surface area contributed by atoms with Crippen LogP contribution in [-0.2, 0) is 6.42 Å². The Labute approximate surface area is 88.4 Å². The molecule has 4 nitrogen and oxygen atoms in total. The molecule has 0 radical (unpaired) electrons. The first-order valence-corrected chi connectivity index (χ1v) is 4.81. The van der Waals surface area contributed by atoms with E-state index in [0.717, 1.165) is 11.3 Å². The molecule has 4 heteroatoms. The summed E-state index contributed by atoms with van der Waals surface area (Å²) in [7, 11) is 3.20. The van der Waals surface area contributed by atoms with Crippen LogP contribution >= 0.6 is 0 Å². The molecule has 1 aliphatic heterocycles. The Morgan fingerprint density at radius 2 is 2.20 bits per heavy atom. The van der Waals surface area contributed by atoms with Crippen LogP contribution in [0.3, 0.4) is 0 Å². The second-order valence-electron chi connectivity index (χ2n) is 3.40. The molecule has 0 saturated carbocycles. The Morgan fingerprint density at radius 1 is 1.40 bits per heavy atom. The van der Waals surface area contributed by atoms with E-state index in [1.165, 1.54) is 0 Å². The van der Waals surface area contributed by atoms with Gasteiger partial charge in [0.05, 0.1) is 20.8 Å². The molecule has 0 aliphatic carbocycles. The molecule has 0 spiro atoms. The van der Waals surface area contributed by atoms with E-state index < -0.39 is 0 Å². The maximum atomic E-state index is 9.03. The van der Waals surface area contributed by atoms with Crippen LogP contribution in [-0.4, -0.2) is 32.0 Å². The standard InChI is InChI=1S/C11H14O4/c1-13-10-4-3-9-8(11(10)14-2)5-7(6-12)15-9/h3-4,7,12H,5-6H2,1-2H3. The third-order valence-corrected chi connectivity index (χ3v) is 2.53. The van der Waals surface area contributed by atoms with Crippen molar-refractivity contribution in [2.75, 3.05) is 20.8 Å². The molecule has 1 atom stereocenters. The van der Waals surface area contributed by atoms with Crippen LogP contribution in [0.15, 0.2) is 12.1 Å². The molecule has 0 saturated heterocycles. The lowest BCUT2D eigenvalue weighted by molar-refractivity contribution is 0.134. The highest BCUT2D eigenvalue weighted by Crippen LogP contribution is 2.41. The number of aliphatic hydroxyl groups excluding tert-OH is 1. The fourth-order valence-electron chi connectivity index (χ4n) is 1.83. The molecule has 2 rings (SSSR count). The Morgan fingerprint density at radius 3 is 2.80 bits per heavy atom. The lowest BCUT2D eigenvalue weighted by atomic mass is 10.1. The summed E-state index contributed by atoms with van der Waals surface area (Å²) in [5, 5.41) is 9.03. The molecule has 15 heavy (non-hydrogen) atoms. The molecule has 82 valence electrons. The second-order valence-corrected chi connectivity index (χ2v) is 3.40. The Balaban J connectivity index is 2.41. The zero-order valence-electron chi connectivity index (χ0n) is 8.82. The zero-order valence-corrected chi connectivity index (χ0v) is 8.82. The van der Waals surface area contributed by atoms with Crippen molar-refractivity contribution in [2.45, 2.75) is 12.5 Å². The van der Waals surface area contributed by atoms with Crippen LogP contribution in [0.25, 0.3) is 0 Å². The fraction of sp³-hybridized carbons (Fsp3) is 0.455. The molecular weight excluding hydrogens is 196 g/mol. The molecule has 1 aromatic carbocycles. The van der Waals surface area contributed by atoms with Gasteiger partial charge in [-0.3, -0.25) is 0 Å². The number of rotatable bonds is 3. The van der Waals surface area contributed by atoms with Crippen LogP contribution in [0.4, 0.5) is 0 Å². The highest BCUT2D eigenvalue weighted by Gasteiger charge is 2.27. The maximum absolute atomic E-state index is 9.03. The van der Waals surface area contributed by atoms with Crippen LogP contribution in [0.1, 0.15) is 5.56 Å². The van der Waals surface area contributed by atoms with Gasteiger partial charge in [0, 0.05) is 12.0 Å². The van der Waals surface area contributed by atoms with Crippen molar-refractivity contribution < 1.29 is 19.3 Å². The number of fused-ring (bicyclic) bond motifs is 1. The first kappa shape index (κ1) is 10.1. The van der Waals surface area contributed by atoms with Gasteiger partial charge in [0.2, 0.25) is 0 Å². The van der Waals surface area contributed by atoms with Gasteiger partial charge in [-0.05, 0) is 12.1 Å². The first-order chi connectivity index (χ1) is 7.30. The van der Waals surface area contributed by atoms with Crippen LogP contribution in [0, 0.1) is 0 Å². The number of methoxy groups -OCH3 is 2. The van der Waals surface area contributed by atoms with Crippen molar-refractivity contribution in [1.82, 2.24) is 0 Å². The molecule has 0 amide bonds. The number of benzene rings is 1. The molecule has 0 aromatic heterocycles. The van der Waals surface area contributed by atoms with Crippen molar-refractivity contribution >= 4 is 0 Å². The van der Waals surface area contributed by atoms with Crippen LogP contribution in [0.5, 0.6) is 17.2 Å². The summed E-state index contributed by atoms with van der Waals surface area (Å²) in [6.07, 6.45) is 0.493. The van der Waals surface area contributed by atoms with E-state index in [4.69, 9.17) is 19.3 Å². The fourth-order valence-corrected chi connectivity index (χ4v) is 1.83. The third kappa shape index (κ3) is 1.61. The summed E-state index contributed by atoms with van der Waals surface area (Å²) in [5.41, 5.74) is 0.968. The van der Waals surface area contributed by atoms with Gasteiger partial charge in [-0.1, -0.05) is 0 Å². The van der Waals surface area contributed by atoms with Crippen molar-refractivity contribution in [3.63, 3.8) is 0 Å². The van der Waals surface area contributed by atoms with Gasteiger partial charge in [0.1, 0.15) is 11.9 Å². The van der Waals surface area contributed by atoms with Gasteiger partial charge in [0.15, 0.2) is 11.5 Å². The molecule has 0 bridgehead atoms. The van der Waals surface area contributed by atoms with Crippen LogP contribution < -0.4 is 14.2 Å². The topological polar surface area (TPSA) is 47.9 Å². The normalized spacial score (nSPS) is 18.2. The summed E-state index contributed by atoms with van der Waals surface area (Å²) in [5.74, 6) is 2.16. The van der Waals surface area contributed by atoms with E-state index in [9.17, 15) is 0 Å². The Hall–Kier alpha value is -1.42. The summed E-state index contributed by atoms with van der Waals surface area (Å²) < 4.78 is 16.0. The molecule has 0 fully saturated rings. The number of hydrogen-bond donors (Lipinski definition) is 1. The van der Waals surface area contributed by atoms with Gasteiger partial charge < -0.3 is 19.3 Å². The second kappa shape index (κ2) is 3.98. The summed E-state index contributed by atoms with van der Waals surface area (Å²) >= 11 is 0.